The summed E-state index contributed by atoms with van der Waals surface area (Å²) in [5.41, 5.74) is 0.838. The van der Waals surface area contributed by atoms with Crippen LogP contribution in [0.1, 0.15) is 19.5 Å². The number of aromatic nitrogens is 2. The SMILES string of the molecule is CC(C)C(=O)N1CCN(Cc2nnsc2Cl)CC1. The van der Waals surface area contributed by atoms with Gasteiger partial charge in [-0.05, 0) is 0 Å². The maximum atomic E-state index is 11.8. The van der Waals surface area contributed by atoms with Gasteiger partial charge in [-0.3, -0.25) is 9.69 Å². The van der Waals surface area contributed by atoms with Crippen LogP contribution >= 0.6 is 23.1 Å². The molecule has 0 radical (unpaired) electrons. The van der Waals surface area contributed by atoms with E-state index in [4.69, 9.17) is 11.6 Å². The molecule has 1 amide bonds. The summed E-state index contributed by atoms with van der Waals surface area (Å²) in [5.74, 6) is 0.316. The molecule has 1 aliphatic heterocycles. The molecule has 0 spiro atoms. The second-order valence-corrected chi connectivity index (χ2v) is 6.11. The molecular weight excluding hydrogens is 272 g/mol. The van der Waals surface area contributed by atoms with Crippen molar-refractivity contribution < 1.29 is 4.79 Å². The first-order valence-electron chi connectivity index (χ1n) is 6.06. The van der Waals surface area contributed by atoms with Crippen molar-refractivity contribution in [1.82, 2.24) is 19.4 Å². The van der Waals surface area contributed by atoms with Gasteiger partial charge in [0.05, 0.1) is 0 Å². The van der Waals surface area contributed by atoms with Gasteiger partial charge >= 0.3 is 0 Å². The summed E-state index contributed by atoms with van der Waals surface area (Å²) in [6.45, 7) is 7.90. The van der Waals surface area contributed by atoms with Crippen molar-refractivity contribution in [3.63, 3.8) is 0 Å². The van der Waals surface area contributed by atoms with Gasteiger partial charge in [0.15, 0.2) is 0 Å². The van der Waals surface area contributed by atoms with Gasteiger partial charge in [-0.25, -0.2) is 0 Å². The lowest BCUT2D eigenvalue weighted by molar-refractivity contribution is -0.136. The van der Waals surface area contributed by atoms with Gasteiger partial charge in [-0.2, -0.15) is 0 Å². The highest BCUT2D eigenvalue weighted by molar-refractivity contribution is 7.10. The zero-order valence-electron chi connectivity index (χ0n) is 10.6. The van der Waals surface area contributed by atoms with Crippen molar-refractivity contribution in [1.29, 1.82) is 0 Å². The zero-order chi connectivity index (χ0) is 13.1. The highest BCUT2D eigenvalue weighted by Gasteiger charge is 2.23. The topological polar surface area (TPSA) is 49.3 Å². The van der Waals surface area contributed by atoms with E-state index >= 15 is 0 Å². The molecule has 18 heavy (non-hydrogen) atoms. The van der Waals surface area contributed by atoms with E-state index in [2.05, 4.69) is 14.5 Å². The Bertz CT molecular complexity index is 415. The molecule has 1 saturated heterocycles. The van der Waals surface area contributed by atoms with Crippen LogP contribution < -0.4 is 0 Å². The second-order valence-electron chi connectivity index (χ2n) is 4.75. The van der Waals surface area contributed by atoms with Crippen LogP contribution in [0.25, 0.3) is 0 Å². The van der Waals surface area contributed by atoms with E-state index in [1.807, 2.05) is 18.7 Å². The van der Waals surface area contributed by atoms with Gasteiger partial charge in [-0.15, -0.1) is 5.10 Å². The average Bonchev–Trinajstić information content (AvgIpc) is 2.75. The van der Waals surface area contributed by atoms with Crippen molar-refractivity contribution in [3.05, 3.63) is 10.0 Å². The molecule has 100 valence electrons. The maximum absolute atomic E-state index is 11.8. The molecule has 0 saturated carbocycles. The molecule has 2 rings (SSSR count). The largest absolute Gasteiger partial charge is 0.340 e. The zero-order valence-corrected chi connectivity index (χ0v) is 12.2. The number of halogens is 1. The van der Waals surface area contributed by atoms with Crippen LogP contribution in [0.3, 0.4) is 0 Å². The molecule has 1 fully saturated rings. The Balaban J connectivity index is 1.84. The van der Waals surface area contributed by atoms with Crippen LogP contribution in [-0.2, 0) is 11.3 Å². The molecule has 1 aromatic rings. The first kappa shape index (κ1) is 13.7. The van der Waals surface area contributed by atoms with Gasteiger partial charge in [-0.1, -0.05) is 29.9 Å². The minimum Gasteiger partial charge on any atom is -0.340 e. The molecule has 0 unspecified atom stereocenters. The molecule has 2 heterocycles. The molecule has 0 bridgehead atoms. The molecule has 0 aliphatic carbocycles. The van der Waals surface area contributed by atoms with E-state index < -0.39 is 0 Å². The fraction of sp³-hybridized carbons (Fsp3) is 0.727. The smallest absolute Gasteiger partial charge is 0.225 e. The molecule has 0 aromatic carbocycles. The van der Waals surface area contributed by atoms with Gasteiger partial charge in [0.2, 0.25) is 5.91 Å². The number of carbonyl (C=O) groups is 1. The van der Waals surface area contributed by atoms with E-state index in [1.165, 1.54) is 11.5 Å². The number of hydrogen-bond donors (Lipinski definition) is 0. The Morgan fingerprint density at radius 2 is 2.06 bits per heavy atom. The van der Waals surface area contributed by atoms with Crippen molar-refractivity contribution >= 4 is 29.0 Å². The monoisotopic (exact) mass is 288 g/mol. The fourth-order valence-corrected chi connectivity index (χ4v) is 2.61. The van der Waals surface area contributed by atoms with E-state index in [1.54, 1.807) is 0 Å². The molecule has 0 N–H and O–H groups in total. The highest BCUT2D eigenvalue weighted by atomic mass is 35.5. The molecular formula is C11H17ClN4OS. The highest BCUT2D eigenvalue weighted by Crippen LogP contribution is 2.19. The van der Waals surface area contributed by atoms with Gasteiger partial charge in [0, 0.05) is 50.2 Å². The summed E-state index contributed by atoms with van der Waals surface area (Å²) in [5, 5.41) is 4.01. The molecule has 0 atom stereocenters. The van der Waals surface area contributed by atoms with Gasteiger partial charge in [0.1, 0.15) is 10.0 Å². The number of nitrogens with zero attached hydrogens (tertiary/aromatic N) is 4. The Kier molecular flexibility index (Phi) is 4.53. The lowest BCUT2D eigenvalue weighted by Crippen LogP contribution is -2.49. The second kappa shape index (κ2) is 5.95. The third kappa shape index (κ3) is 3.18. The molecule has 1 aliphatic rings. The van der Waals surface area contributed by atoms with Gasteiger partial charge in [0.25, 0.3) is 0 Å². The standard InChI is InChI=1S/C11H17ClN4OS/c1-8(2)11(17)16-5-3-15(4-6-16)7-9-10(12)18-14-13-9/h8H,3-7H2,1-2H3. The lowest BCUT2D eigenvalue weighted by atomic mass is 10.1. The Morgan fingerprint density at radius 3 is 2.56 bits per heavy atom. The normalized spacial score (nSPS) is 17.4. The summed E-state index contributed by atoms with van der Waals surface area (Å²) >= 11 is 7.20. The Hall–Kier alpha value is -0.720. The average molecular weight is 289 g/mol. The summed E-state index contributed by atoms with van der Waals surface area (Å²) in [4.78, 5) is 16.0. The number of carbonyl (C=O) groups excluding carboxylic acids is 1. The maximum Gasteiger partial charge on any atom is 0.225 e. The van der Waals surface area contributed by atoms with Crippen LogP contribution in [-0.4, -0.2) is 51.5 Å². The first-order valence-corrected chi connectivity index (χ1v) is 7.21. The summed E-state index contributed by atoms with van der Waals surface area (Å²) in [6.07, 6.45) is 0. The van der Waals surface area contributed by atoms with E-state index in [9.17, 15) is 4.79 Å². The fourth-order valence-electron chi connectivity index (χ4n) is 1.99. The summed E-state index contributed by atoms with van der Waals surface area (Å²) in [6, 6.07) is 0. The van der Waals surface area contributed by atoms with Crippen molar-refractivity contribution in [2.45, 2.75) is 20.4 Å². The summed E-state index contributed by atoms with van der Waals surface area (Å²) in [7, 11) is 0. The minimum atomic E-state index is 0.0775. The number of rotatable bonds is 3. The minimum absolute atomic E-state index is 0.0775. The van der Waals surface area contributed by atoms with Crippen LogP contribution in [0.5, 0.6) is 0 Å². The van der Waals surface area contributed by atoms with Crippen LogP contribution in [0.2, 0.25) is 4.34 Å². The Morgan fingerprint density at radius 1 is 1.39 bits per heavy atom. The first-order chi connectivity index (χ1) is 8.58. The summed E-state index contributed by atoms with van der Waals surface area (Å²) < 4.78 is 4.48. The third-order valence-electron chi connectivity index (χ3n) is 3.06. The molecule has 7 heteroatoms. The number of hydrogen-bond acceptors (Lipinski definition) is 5. The van der Waals surface area contributed by atoms with Crippen LogP contribution in [0, 0.1) is 5.92 Å². The number of amides is 1. The Labute approximate surface area is 116 Å². The quantitative estimate of drug-likeness (QED) is 0.846. The van der Waals surface area contributed by atoms with Crippen molar-refractivity contribution in [2.24, 2.45) is 5.92 Å². The molecule has 5 nitrogen and oxygen atoms in total. The van der Waals surface area contributed by atoms with E-state index in [0.29, 0.717) is 4.34 Å². The van der Waals surface area contributed by atoms with E-state index in [0.717, 1.165) is 38.4 Å². The van der Waals surface area contributed by atoms with Crippen molar-refractivity contribution in [2.75, 3.05) is 26.2 Å². The third-order valence-corrected chi connectivity index (χ3v) is 4.05. The number of piperazine rings is 1. The van der Waals surface area contributed by atoms with Gasteiger partial charge < -0.3 is 4.90 Å². The van der Waals surface area contributed by atoms with Crippen LogP contribution in [0.15, 0.2) is 0 Å². The van der Waals surface area contributed by atoms with E-state index in [-0.39, 0.29) is 11.8 Å². The van der Waals surface area contributed by atoms with Crippen molar-refractivity contribution in [3.8, 4) is 0 Å². The predicted octanol–water partition coefficient (Wildman–Crippen LogP) is 1.49. The van der Waals surface area contributed by atoms with Crippen LogP contribution in [0.4, 0.5) is 0 Å². The lowest BCUT2D eigenvalue weighted by Gasteiger charge is -2.35. The molecule has 1 aromatic heterocycles. The predicted molar refractivity (Wildman–Crippen MR) is 71.6 cm³/mol.